The van der Waals surface area contributed by atoms with E-state index in [2.05, 4.69) is 18.8 Å². The number of rotatable bonds is 5. The van der Waals surface area contributed by atoms with Gasteiger partial charge in [0.15, 0.2) is 5.01 Å². The largest absolute Gasteiger partial charge is 0.462 e. The molecule has 0 amide bonds. The lowest BCUT2D eigenvalue weighted by atomic mass is 10.0. The van der Waals surface area contributed by atoms with E-state index in [1.807, 2.05) is 23.6 Å². The van der Waals surface area contributed by atoms with Crippen LogP contribution in [-0.2, 0) is 11.2 Å². The number of aromatic nitrogens is 1. The summed E-state index contributed by atoms with van der Waals surface area (Å²) in [4.78, 5) is 29.0. The van der Waals surface area contributed by atoms with E-state index in [0.717, 1.165) is 16.8 Å². The van der Waals surface area contributed by atoms with Gasteiger partial charge in [-0.1, -0.05) is 26.0 Å². The second-order valence-corrected chi connectivity index (χ2v) is 6.83. The summed E-state index contributed by atoms with van der Waals surface area (Å²) >= 11 is 1.39. The summed E-state index contributed by atoms with van der Waals surface area (Å²) in [7, 11) is 0. The van der Waals surface area contributed by atoms with E-state index in [-0.39, 0.29) is 11.8 Å². The second-order valence-electron chi connectivity index (χ2n) is 5.98. The normalized spacial score (nSPS) is 12.9. The van der Waals surface area contributed by atoms with Crippen LogP contribution < -0.4 is 0 Å². The number of nitrogens with zero attached hydrogens (tertiary/aromatic N) is 1. The summed E-state index contributed by atoms with van der Waals surface area (Å²) in [5.41, 5.74) is 4.00. The Morgan fingerprint density at radius 1 is 1.33 bits per heavy atom. The van der Waals surface area contributed by atoms with Gasteiger partial charge in [0.1, 0.15) is 0 Å². The molecule has 0 unspecified atom stereocenters. The SMILES string of the molecule is CCOC(=O)c1ccc2c(c1)CC=C2C(=O)c1nc(C(C)C)cs1. The van der Waals surface area contributed by atoms with Crippen molar-refractivity contribution in [1.29, 1.82) is 0 Å². The summed E-state index contributed by atoms with van der Waals surface area (Å²) in [6.45, 7) is 6.25. The van der Waals surface area contributed by atoms with Crippen LogP contribution in [0.15, 0.2) is 29.7 Å². The van der Waals surface area contributed by atoms with Gasteiger partial charge in [-0.05, 0) is 42.5 Å². The molecule has 0 aliphatic heterocycles. The Balaban J connectivity index is 1.85. The van der Waals surface area contributed by atoms with Crippen LogP contribution in [0.4, 0.5) is 0 Å². The maximum Gasteiger partial charge on any atom is 0.338 e. The lowest BCUT2D eigenvalue weighted by Gasteiger charge is -2.07. The van der Waals surface area contributed by atoms with Crippen molar-refractivity contribution in [3.63, 3.8) is 0 Å². The van der Waals surface area contributed by atoms with Crippen molar-refractivity contribution >= 4 is 28.7 Å². The molecule has 1 heterocycles. The maximum atomic E-state index is 12.8. The monoisotopic (exact) mass is 341 g/mol. The number of ether oxygens (including phenoxy) is 1. The molecule has 0 fully saturated rings. The van der Waals surface area contributed by atoms with Crippen LogP contribution in [0.1, 0.15) is 63.7 Å². The summed E-state index contributed by atoms with van der Waals surface area (Å²) in [5.74, 6) is -0.0732. The van der Waals surface area contributed by atoms with Gasteiger partial charge >= 0.3 is 5.97 Å². The molecule has 0 saturated carbocycles. The van der Waals surface area contributed by atoms with E-state index in [0.29, 0.717) is 35.1 Å². The Kier molecular flexibility index (Phi) is 4.62. The van der Waals surface area contributed by atoms with Gasteiger partial charge in [-0.3, -0.25) is 4.79 Å². The minimum atomic E-state index is -0.332. The van der Waals surface area contributed by atoms with E-state index in [9.17, 15) is 9.59 Å². The highest BCUT2D eigenvalue weighted by molar-refractivity contribution is 7.12. The lowest BCUT2D eigenvalue weighted by Crippen LogP contribution is -2.06. The molecular weight excluding hydrogens is 322 g/mol. The van der Waals surface area contributed by atoms with E-state index >= 15 is 0 Å². The van der Waals surface area contributed by atoms with E-state index < -0.39 is 0 Å². The van der Waals surface area contributed by atoms with Gasteiger partial charge in [0.25, 0.3) is 0 Å². The first-order valence-electron chi connectivity index (χ1n) is 8.02. The number of thiazole rings is 1. The second kappa shape index (κ2) is 6.69. The number of ketones is 1. The number of esters is 1. The first-order valence-corrected chi connectivity index (χ1v) is 8.90. The Bertz CT molecular complexity index is 833. The maximum absolute atomic E-state index is 12.8. The smallest absolute Gasteiger partial charge is 0.338 e. The molecule has 1 aromatic carbocycles. The number of hydrogen-bond acceptors (Lipinski definition) is 5. The lowest BCUT2D eigenvalue weighted by molar-refractivity contribution is 0.0526. The molecule has 124 valence electrons. The van der Waals surface area contributed by atoms with Gasteiger partial charge in [0.2, 0.25) is 5.78 Å². The van der Waals surface area contributed by atoms with Gasteiger partial charge in [-0.2, -0.15) is 0 Å². The van der Waals surface area contributed by atoms with Gasteiger partial charge in [0.05, 0.1) is 17.9 Å². The predicted octanol–water partition coefficient (Wildman–Crippen LogP) is 4.27. The number of allylic oxidation sites excluding steroid dienone is 2. The minimum Gasteiger partial charge on any atom is -0.462 e. The van der Waals surface area contributed by atoms with E-state index in [1.54, 1.807) is 13.0 Å². The molecule has 1 aromatic heterocycles. The van der Waals surface area contributed by atoms with Gasteiger partial charge in [0, 0.05) is 11.0 Å². The summed E-state index contributed by atoms with van der Waals surface area (Å²) in [6.07, 6.45) is 2.56. The quantitative estimate of drug-likeness (QED) is 0.602. The van der Waals surface area contributed by atoms with Crippen molar-refractivity contribution in [2.75, 3.05) is 6.61 Å². The van der Waals surface area contributed by atoms with Crippen molar-refractivity contribution in [2.45, 2.75) is 33.1 Å². The van der Waals surface area contributed by atoms with E-state index in [1.165, 1.54) is 11.3 Å². The van der Waals surface area contributed by atoms with Crippen LogP contribution in [0.25, 0.3) is 5.57 Å². The van der Waals surface area contributed by atoms with Crippen molar-refractivity contribution < 1.29 is 14.3 Å². The molecule has 3 rings (SSSR count). The molecule has 2 aromatic rings. The predicted molar refractivity (Wildman–Crippen MR) is 94.6 cm³/mol. The first kappa shape index (κ1) is 16.6. The van der Waals surface area contributed by atoms with Crippen LogP contribution in [0.2, 0.25) is 0 Å². The van der Waals surface area contributed by atoms with Crippen LogP contribution in [0, 0.1) is 0 Å². The van der Waals surface area contributed by atoms with Crippen LogP contribution >= 0.6 is 11.3 Å². The number of benzene rings is 1. The molecule has 0 bridgehead atoms. The van der Waals surface area contributed by atoms with Crippen LogP contribution in [0.3, 0.4) is 0 Å². The standard InChI is InChI=1S/C19H19NO3S/c1-4-23-19(22)13-6-7-14-12(9-13)5-8-15(14)17(21)18-20-16(10-24-18)11(2)3/h6-11H,4-5H2,1-3H3. The molecular formula is C19H19NO3S. The molecule has 0 N–H and O–H groups in total. The Labute approximate surface area is 145 Å². The zero-order chi connectivity index (χ0) is 17.3. The van der Waals surface area contributed by atoms with Crippen molar-refractivity contribution in [1.82, 2.24) is 4.98 Å². The Morgan fingerprint density at radius 2 is 2.12 bits per heavy atom. The third kappa shape index (κ3) is 3.04. The zero-order valence-corrected chi connectivity index (χ0v) is 14.8. The molecule has 4 nitrogen and oxygen atoms in total. The van der Waals surface area contributed by atoms with Crippen molar-refractivity contribution in [3.05, 3.63) is 57.0 Å². The molecule has 0 spiro atoms. The highest BCUT2D eigenvalue weighted by atomic mass is 32.1. The number of carbonyl (C=O) groups is 2. The molecule has 24 heavy (non-hydrogen) atoms. The van der Waals surface area contributed by atoms with E-state index in [4.69, 9.17) is 4.74 Å². The highest BCUT2D eigenvalue weighted by Gasteiger charge is 2.24. The molecule has 0 atom stereocenters. The van der Waals surface area contributed by atoms with Crippen LogP contribution in [-0.4, -0.2) is 23.3 Å². The number of fused-ring (bicyclic) bond motifs is 1. The minimum absolute atomic E-state index is 0.0467. The topological polar surface area (TPSA) is 56.3 Å². The Morgan fingerprint density at radius 3 is 2.79 bits per heavy atom. The fourth-order valence-electron chi connectivity index (χ4n) is 2.67. The van der Waals surface area contributed by atoms with Crippen molar-refractivity contribution in [3.8, 4) is 0 Å². The third-order valence-corrected chi connectivity index (χ3v) is 4.84. The first-order chi connectivity index (χ1) is 11.5. The fraction of sp³-hybridized carbons (Fsp3) is 0.316. The van der Waals surface area contributed by atoms with Gasteiger partial charge in [-0.25, -0.2) is 9.78 Å². The molecule has 5 heteroatoms. The summed E-state index contributed by atoms with van der Waals surface area (Å²) in [6, 6.07) is 5.35. The van der Waals surface area contributed by atoms with Gasteiger partial charge in [-0.15, -0.1) is 11.3 Å². The Hall–Kier alpha value is -2.27. The number of carbonyl (C=O) groups excluding carboxylic acids is 2. The summed E-state index contributed by atoms with van der Waals surface area (Å²) in [5, 5.41) is 2.46. The third-order valence-electron chi connectivity index (χ3n) is 3.98. The fourth-order valence-corrected chi connectivity index (χ4v) is 3.61. The summed E-state index contributed by atoms with van der Waals surface area (Å²) < 4.78 is 5.03. The van der Waals surface area contributed by atoms with Crippen molar-refractivity contribution in [2.24, 2.45) is 0 Å². The molecule has 0 radical (unpaired) electrons. The average molecular weight is 341 g/mol. The van der Waals surface area contributed by atoms with Gasteiger partial charge < -0.3 is 4.74 Å². The van der Waals surface area contributed by atoms with Crippen LogP contribution in [0.5, 0.6) is 0 Å². The molecule has 1 aliphatic rings. The molecule has 0 saturated heterocycles. The highest BCUT2D eigenvalue weighted by Crippen LogP contribution is 2.32. The zero-order valence-electron chi connectivity index (χ0n) is 14.0. The number of Topliss-reactive ketones (excluding diaryl/α,β-unsaturated/α-hetero) is 1. The molecule has 1 aliphatic carbocycles. The number of hydrogen-bond donors (Lipinski definition) is 0. The average Bonchev–Trinajstić information content (AvgIpc) is 3.21.